The molecule has 0 saturated heterocycles. The minimum Gasteiger partial charge on any atom is -0.487 e. The molecule has 0 amide bonds. The largest absolute Gasteiger partial charge is 0.522 e. The van der Waals surface area contributed by atoms with Gasteiger partial charge in [0.25, 0.3) is 0 Å². The minimum atomic E-state index is -4.73. The van der Waals surface area contributed by atoms with Gasteiger partial charge in [0.05, 0.1) is 12.2 Å². The highest BCUT2D eigenvalue weighted by Crippen LogP contribution is 2.33. The number of hydrogen-bond acceptors (Lipinski definition) is 4. The van der Waals surface area contributed by atoms with E-state index in [0.717, 1.165) is 0 Å². The zero-order valence-corrected chi connectivity index (χ0v) is 11.6. The van der Waals surface area contributed by atoms with Crippen molar-refractivity contribution in [1.82, 2.24) is 0 Å². The number of hydrogen-bond donors (Lipinski definition) is 1. The molecule has 0 saturated carbocycles. The number of alkyl halides is 4. The van der Waals surface area contributed by atoms with E-state index in [9.17, 15) is 18.0 Å². The Balaban J connectivity index is 2.82. The van der Waals surface area contributed by atoms with Gasteiger partial charge in [-0.3, -0.25) is 4.74 Å². The number of rotatable bonds is 7. The molecule has 0 unspecified atom stereocenters. The van der Waals surface area contributed by atoms with Gasteiger partial charge in [-0.15, -0.1) is 13.2 Å². The highest BCUT2D eigenvalue weighted by atomic mass is 35.5. The molecule has 0 bridgehead atoms. The van der Waals surface area contributed by atoms with Gasteiger partial charge in [-0.05, 0) is 19.1 Å². The molecule has 0 atom stereocenters. The van der Waals surface area contributed by atoms with E-state index in [1.54, 1.807) is 0 Å². The summed E-state index contributed by atoms with van der Waals surface area (Å²) in [6, 6.07) is 2.28. The van der Waals surface area contributed by atoms with Crippen LogP contribution in [0.5, 0.6) is 11.5 Å². The molecule has 1 aromatic rings. The molecule has 118 valence electrons. The summed E-state index contributed by atoms with van der Waals surface area (Å²) in [6.07, 6.45) is -4.73. The van der Waals surface area contributed by atoms with Crippen LogP contribution in [0.4, 0.5) is 13.2 Å². The van der Waals surface area contributed by atoms with Crippen molar-refractivity contribution in [2.24, 2.45) is 0 Å². The third-order valence-corrected chi connectivity index (χ3v) is 2.51. The molecule has 9 heteroatoms. The van der Waals surface area contributed by atoms with E-state index in [2.05, 4.69) is 4.74 Å². The van der Waals surface area contributed by atoms with Gasteiger partial charge in [0.1, 0.15) is 6.61 Å². The van der Waals surface area contributed by atoms with Crippen LogP contribution < -0.4 is 9.47 Å². The summed E-state index contributed by atoms with van der Waals surface area (Å²) in [6.45, 7) is 0.387. The lowest BCUT2D eigenvalue weighted by molar-refractivity contribution is -0.325. The Morgan fingerprint density at radius 2 is 1.95 bits per heavy atom. The van der Waals surface area contributed by atoms with E-state index in [0.29, 0.717) is 0 Å². The van der Waals surface area contributed by atoms with E-state index in [-0.39, 0.29) is 35.3 Å². The Kier molecular flexibility index (Phi) is 6.10. The van der Waals surface area contributed by atoms with Crippen molar-refractivity contribution in [2.45, 2.75) is 13.3 Å². The highest BCUT2D eigenvalue weighted by molar-refractivity contribution is 6.17. The molecule has 21 heavy (non-hydrogen) atoms. The van der Waals surface area contributed by atoms with Crippen molar-refractivity contribution in [3.05, 3.63) is 23.3 Å². The maximum Gasteiger partial charge on any atom is 0.522 e. The van der Waals surface area contributed by atoms with Crippen molar-refractivity contribution < 1.29 is 37.3 Å². The predicted octanol–water partition coefficient (Wildman–Crippen LogP) is 3.18. The summed E-state index contributed by atoms with van der Waals surface area (Å²) >= 11 is 5.43. The molecule has 0 aliphatic rings. The van der Waals surface area contributed by atoms with Crippen LogP contribution in [0.2, 0.25) is 0 Å². The van der Waals surface area contributed by atoms with Crippen LogP contribution in [0.3, 0.4) is 0 Å². The standard InChI is InChI=1S/C12H12ClF3O5/c1-7-8(11(17)18)2-3-9(10(7)20-6-13)19-4-5-21-12(14,15)16/h2-3H,4-6H2,1H3,(H,17,18). The smallest absolute Gasteiger partial charge is 0.487 e. The Bertz CT molecular complexity index is 504. The number of carboxylic acid groups (broad SMARTS) is 1. The van der Waals surface area contributed by atoms with Gasteiger partial charge < -0.3 is 14.6 Å². The summed E-state index contributed by atoms with van der Waals surface area (Å²) in [7, 11) is 0. The van der Waals surface area contributed by atoms with Crippen molar-refractivity contribution >= 4 is 17.6 Å². The fourth-order valence-corrected chi connectivity index (χ4v) is 1.66. The van der Waals surface area contributed by atoms with Gasteiger partial charge in [-0.2, -0.15) is 0 Å². The summed E-state index contributed by atoms with van der Waals surface area (Å²) < 4.78 is 49.1. The number of halogens is 4. The van der Waals surface area contributed by atoms with Crippen LogP contribution in [0.25, 0.3) is 0 Å². The Morgan fingerprint density at radius 1 is 1.29 bits per heavy atom. The SMILES string of the molecule is Cc1c(C(=O)O)ccc(OCCOC(F)(F)F)c1OCCl. The van der Waals surface area contributed by atoms with Crippen LogP contribution in [-0.4, -0.2) is 36.7 Å². The zero-order valence-electron chi connectivity index (χ0n) is 10.9. The van der Waals surface area contributed by atoms with Crippen LogP contribution in [0.1, 0.15) is 15.9 Å². The summed E-state index contributed by atoms with van der Waals surface area (Å²) in [5.74, 6) is -1.01. The zero-order chi connectivity index (χ0) is 16.0. The monoisotopic (exact) mass is 328 g/mol. The summed E-state index contributed by atoms with van der Waals surface area (Å²) in [4.78, 5) is 11.0. The maximum absolute atomic E-state index is 11.8. The van der Waals surface area contributed by atoms with Gasteiger partial charge in [0.15, 0.2) is 17.6 Å². The van der Waals surface area contributed by atoms with E-state index < -0.39 is 18.9 Å². The lowest BCUT2D eigenvalue weighted by Crippen LogP contribution is -2.18. The van der Waals surface area contributed by atoms with E-state index in [4.69, 9.17) is 26.2 Å². The number of carbonyl (C=O) groups is 1. The topological polar surface area (TPSA) is 65.0 Å². The van der Waals surface area contributed by atoms with Crippen LogP contribution in [-0.2, 0) is 4.74 Å². The molecular formula is C12H12ClF3O5. The Hall–Kier alpha value is -1.67. The average molecular weight is 329 g/mol. The first kappa shape index (κ1) is 17.4. The second-order valence-corrected chi connectivity index (χ2v) is 3.98. The van der Waals surface area contributed by atoms with Gasteiger partial charge in [0, 0.05) is 5.56 Å². The first-order chi connectivity index (χ1) is 9.76. The highest BCUT2D eigenvalue weighted by Gasteiger charge is 2.28. The number of carboxylic acids is 1. The molecule has 0 aliphatic carbocycles. The average Bonchev–Trinajstić information content (AvgIpc) is 2.36. The van der Waals surface area contributed by atoms with Gasteiger partial charge in [-0.25, -0.2) is 4.79 Å². The predicted molar refractivity (Wildman–Crippen MR) is 67.0 cm³/mol. The van der Waals surface area contributed by atoms with Crippen molar-refractivity contribution in [1.29, 1.82) is 0 Å². The molecule has 1 aromatic carbocycles. The van der Waals surface area contributed by atoms with E-state index in [1.807, 2.05) is 0 Å². The fourth-order valence-electron chi connectivity index (χ4n) is 1.56. The van der Waals surface area contributed by atoms with Crippen molar-refractivity contribution in [3.63, 3.8) is 0 Å². The molecular weight excluding hydrogens is 317 g/mol. The van der Waals surface area contributed by atoms with Gasteiger partial charge in [0.2, 0.25) is 0 Å². The molecule has 0 aliphatic heterocycles. The second kappa shape index (κ2) is 7.37. The third-order valence-electron chi connectivity index (χ3n) is 2.41. The molecule has 0 aromatic heterocycles. The normalized spacial score (nSPS) is 11.3. The minimum absolute atomic E-state index is 0.0194. The first-order valence-electron chi connectivity index (χ1n) is 5.65. The van der Waals surface area contributed by atoms with Crippen LogP contribution >= 0.6 is 11.6 Å². The molecule has 0 fully saturated rings. The van der Waals surface area contributed by atoms with Gasteiger partial charge in [-0.1, -0.05) is 11.6 Å². The number of ether oxygens (including phenoxy) is 3. The molecule has 0 spiro atoms. The quantitative estimate of drug-likeness (QED) is 0.615. The lowest BCUT2D eigenvalue weighted by Gasteiger charge is -2.15. The number of aromatic carboxylic acids is 1. The Morgan fingerprint density at radius 3 is 2.48 bits per heavy atom. The fraction of sp³-hybridized carbons (Fsp3) is 0.417. The third kappa shape index (κ3) is 5.31. The maximum atomic E-state index is 11.8. The molecule has 0 radical (unpaired) electrons. The van der Waals surface area contributed by atoms with E-state index >= 15 is 0 Å². The van der Waals surface area contributed by atoms with Crippen molar-refractivity contribution in [2.75, 3.05) is 19.3 Å². The first-order valence-corrected chi connectivity index (χ1v) is 6.19. The molecule has 1 rings (SSSR count). The molecule has 5 nitrogen and oxygen atoms in total. The summed E-state index contributed by atoms with van der Waals surface area (Å²) in [5, 5.41) is 8.98. The number of benzene rings is 1. The molecule has 0 heterocycles. The van der Waals surface area contributed by atoms with Crippen molar-refractivity contribution in [3.8, 4) is 11.5 Å². The van der Waals surface area contributed by atoms with Crippen LogP contribution in [0.15, 0.2) is 12.1 Å². The van der Waals surface area contributed by atoms with E-state index in [1.165, 1.54) is 19.1 Å². The lowest BCUT2D eigenvalue weighted by atomic mass is 10.1. The van der Waals surface area contributed by atoms with Gasteiger partial charge >= 0.3 is 12.3 Å². The Labute approximate surface area is 123 Å². The van der Waals surface area contributed by atoms with Crippen LogP contribution in [0, 0.1) is 6.92 Å². The summed E-state index contributed by atoms with van der Waals surface area (Å²) in [5.41, 5.74) is 0.242. The molecule has 1 N–H and O–H groups in total. The second-order valence-electron chi connectivity index (χ2n) is 3.77.